The van der Waals surface area contributed by atoms with Crippen LogP contribution in [0.5, 0.6) is 0 Å². The third-order valence-corrected chi connectivity index (χ3v) is 5.06. The molecule has 0 bridgehead atoms. The van der Waals surface area contributed by atoms with E-state index >= 15 is 0 Å². The summed E-state index contributed by atoms with van der Waals surface area (Å²) in [7, 11) is 0. The molecule has 0 aliphatic heterocycles. The van der Waals surface area contributed by atoms with E-state index in [1.54, 1.807) is 0 Å². The number of hydrogen-bond acceptors (Lipinski definition) is 1. The Labute approximate surface area is 120 Å². The van der Waals surface area contributed by atoms with Crippen LogP contribution in [0.15, 0.2) is 30.3 Å². The van der Waals surface area contributed by atoms with Crippen molar-refractivity contribution in [2.24, 2.45) is 0 Å². The third kappa shape index (κ3) is 1.75. The Bertz CT molecular complexity index is 655. The monoisotopic (exact) mass is 267 g/mol. The zero-order chi connectivity index (χ0) is 13.7. The summed E-state index contributed by atoms with van der Waals surface area (Å²) in [5.74, 6) is 0.653. The first-order valence-electron chi connectivity index (χ1n) is 7.69. The van der Waals surface area contributed by atoms with Crippen molar-refractivity contribution in [3.8, 4) is 0 Å². The van der Waals surface area contributed by atoms with Gasteiger partial charge in [-0.1, -0.05) is 24.3 Å². The lowest BCUT2D eigenvalue weighted by atomic mass is 9.77. The van der Waals surface area contributed by atoms with E-state index in [0.29, 0.717) is 5.92 Å². The van der Waals surface area contributed by atoms with Gasteiger partial charge in [0.1, 0.15) is 0 Å². The molecule has 2 aromatic rings. The Morgan fingerprint density at radius 3 is 2.95 bits per heavy atom. The zero-order valence-corrected chi connectivity index (χ0v) is 12.0. The van der Waals surface area contributed by atoms with Crippen molar-refractivity contribution in [2.75, 3.05) is 0 Å². The van der Waals surface area contributed by atoms with Crippen molar-refractivity contribution in [1.29, 1.82) is 0 Å². The number of nitrogens with zero attached hydrogens (tertiary/aromatic N) is 1. The molecule has 2 heteroatoms. The van der Waals surface area contributed by atoms with Gasteiger partial charge in [-0.3, -0.25) is 0 Å². The molecule has 0 amide bonds. The standard InChI is InChI=1S/C18H21NO/c1-12-9-16-17(7-4-8-18(16)20)19(12)11-14-10-13-5-2-3-6-15(13)14/h2-3,5-6,9,14,18,20H,4,7-8,10-11H2,1H3. The predicted octanol–water partition coefficient (Wildman–Crippen LogP) is 3.51. The minimum atomic E-state index is -0.243. The number of hydrogen-bond donors (Lipinski definition) is 1. The van der Waals surface area contributed by atoms with Crippen LogP contribution in [-0.2, 0) is 19.4 Å². The molecule has 2 unspecified atom stereocenters. The highest BCUT2D eigenvalue weighted by Crippen LogP contribution is 2.38. The van der Waals surface area contributed by atoms with Gasteiger partial charge in [-0.05, 0) is 49.8 Å². The van der Waals surface area contributed by atoms with E-state index in [1.807, 2.05) is 0 Å². The van der Waals surface area contributed by atoms with Gasteiger partial charge in [0, 0.05) is 29.4 Å². The molecule has 0 spiro atoms. The first-order chi connectivity index (χ1) is 9.74. The van der Waals surface area contributed by atoms with Gasteiger partial charge in [-0.25, -0.2) is 0 Å². The van der Waals surface area contributed by atoms with Crippen LogP contribution in [0.25, 0.3) is 0 Å². The molecule has 2 aliphatic carbocycles. The number of aromatic nitrogens is 1. The second kappa shape index (κ2) is 4.49. The molecule has 4 rings (SSSR count). The van der Waals surface area contributed by atoms with Crippen molar-refractivity contribution in [3.05, 3.63) is 58.4 Å². The van der Waals surface area contributed by atoms with Crippen LogP contribution < -0.4 is 0 Å². The molecule has 2 aliphatic rings. The smallest absolute Gasteiger partial charge is 0.0807 e. The Kier molecular flexibility index (Phi) is 2.74. The van der Waals surface area contributed by atoms with E-state index in [9.17, 15) is 5.11 Å². The highest BCUT2D eigenvalue weighted by Gasteiger charge is 2.29. The van der Waals surface area contributed by atoms with E-state index in [2.05, 4.69) is 41.8 Å². The van der Waals surface area contributed by atoms with E-state index in [0.717, 1.165) is 25.8 Å². The van der Waals surface area contributed by atoms with Gasteiger partial charge in [0.05, 0.1) is 6.10 Å². The van der Waals surface area contributed by atoms with Crippen molar-refractivity contribution in [2.45, 2.75) is 51.2 Å². The molecule has 1 aromatic heterocycles. The van der Waals surface area contributed by atoms with E-state index in [1.165, 1.54) is 34.5 Å². The number of aliphatic hydroxyl groups excluding tert-OH is 1. The number of benzene rings is 1. The molecule has 2 nitrogen and oxygen atoms in total. The summed E-state index contributed by atoms with van der Waals surface area (Å²) in [5, 5.41) is 10.1. The van der Waals surface area contributed by atoms with E-state index < -0.39 is 0 Å². The SMILES string of the molecule is Cc1cc2c(n1CC1Cc3ccccc31)CCCC2O. The lowest BCUT2D eigenvalue weighted by Gasteiger charge is -2.32. The van der Waals surface area contributed by atoms with Gasteiger partial charge in [0.25, 0.3) is 0 Å². The van der Waals surface area contributed by atoms with Crippen molar-refractivity contribution >= 4 is 0 Å². The first-order valence-corrected chi connectivity index (χ1v) is 7.69. The maximum Gasteiger partial charge on any atom is 0.0807 e. The summed E-state index contributed by atoms with van der Waals surface area (Å²) in [6.07, 6.45) is 4.11. The van der Waals surface area contributed by atoms with Gasteiger partial charge in [0.15, 0.2) is 0 Å². The Balaban J connectivity index is 1.65. The second-order valence-electron chi connectivity index (χ2n) is 6.31. The van der Waals surface area contributed by atoms with Crippen LogP contribution in [0.1, 0.15) is 52.9 Å². The highest BCUT2D eigenvalue weighted by molar-refractivity contribution is 5.40. The Morgan fingerprint density at radius 1 is 1.25 bits per heavy atom. The highest BCUT2D eigenvalue weighted by atomic mass is 16.3. The topological polar surface area (TPSA) is 25.2 Å². The average Bonchev–Trinajstić information content (AvgIpc) is 2.74. The first kappa shape index (κ1) is 12.2. The molecule has 0 saturated carbocycles. The van der Waals surface area contributed by atoms with Gasteiger partial charge in [0.2, 0.25) is 0 Å². The van der Waals surface area contributed by atoms with Crippen LogP contribution >= 0.6 is 0 Å². The molecule has 0 saturated heterocycles. The molecule has 0 fully saturated rings. The Hall–Kier alpha value is -1.54. The lowest BCUT2D eigenvalue weighted by Crippen LogP contribution is -2.24. The van der Waals surface area contributed by atoms with Crippen molar-refractivity contribution in [1.82, 2.24) is 4.57 Å². The quantitative estimate of drug-likeness (QED) is 0.885. The molecule has 20 heavy (non-hydrogen) atoms. The van der Waals surface area contributed by atoms with E-state index in [4.69, 9.17) is 0 Å². The molecule has 1 aromatic carbocycles. The van der Waals surface area contributed by atoms with Crippen LogP contribution in [0.4, 0.5) is 0 Å². The summed E-state index contributed by atoms with van der Waals surface area (Å²) < 4.78 is 2.46. The maximum atomic E-state index is 10.1. The number of rotatable bonds is 2. The average molecular weight is 267 g/mol. The summed E-state index contributed by atoms with van der Waals surface area (Å²) in [4.78, 5) is 0. The summed E-state index contributed by atoms with van der Waals surface area (Å²) in [5.41, 5.74) is 6.90. The van der Waals surface area contributed by atoms with E-state index in [-0.39, 0.29) is 6.10 Å². The normalized spacial score (nSPS) is 23.9. The summed E-state index contributed by atoms with van der Waals surface area (Å²) in [6, 6.07) is 11.0. The van der Waals surface area contributed by atoms with Gasteiger partial charge in [-0.2, -0.15) is 0 Å². The minimum Gasteiger partial charge on any atom is -0.388 e. The zero-order valence-electron chi connectivity index (χ0n) is 12.0. The minimum absolute atomic E-state index is 0.243. The number of aryl methyl sites for hydroxylation is 1. The Morgan fingerprint density at radius 2 is 2.10 bits per heavy atom. The fourth-order valence-electron chi connectivity index (χ4n) is 3.94. The van der Waals surface area contributed by atoms with Crippen molar-refractivity contribution in [3.63, 3.8) is 0 Å². The fraction of sp³-hybridized carbons (Fsp3) is 0.444. The summed E-state index contributed by atoms with van der Waals surface area (Å²) in [6.45, 7) is 3.25. The maximum absolute atomic E-state index is 10.1. The third-order valence-electron chi connectivity index (χ3n) is 5.06. The molecule has 2 atom stereocenters. The summed E-state index contributed by atoms with van der Waals surface area (Å²) >= 11 is 0. The molecule has 104 valence electrons. The lowest BCUT2D eigenvalue weighted by molar-refractivity contribution is 0.155. The molecular formula is C18H21NO. The number of fused-ring (bicyclic) bond motifs is 2. The molecule has 1 N–H and O–H groups in total. The second-order valence-corrected chi connectivity index (χ2v) is 6.31. The van der Waals surface area contributed by atoms with Gasteiger partial charge in [-0.15, -0.1) is 0 Å². The molecule has 0 radical (unpaired) electrons. The molecular weight excluding hydrogens is 246 g/mol. The van der Waals surface area contributed by atoms with Crippen LogP contribution in [-0.4, -0.2) is 9.67 Å². The fourth-order valence-corrected chi connectivity index (χ4v) is 3.94. The van der Waals surface area contributed by atoms with Crippen molar-refractivity contribution < 1.29 is 5.11 Å². The van der Waals surface area contributed by atoms with Gasteiger partial charge >= 0.3 is 0 Å². The van der Waals surface area contributed by atoms with Crippen LogP contribution in [0.2, 0.25) is 0 Å². The van der Waals surface area contributed by atoms with Crippen LogP contribution in [0.3, 0.4) is 0 Å². The predicted molar refractivity (Wildman–Crippen MR) is 80.0 cm³/mol. The largest absolute Gasteiger partial charge is 0.388 e. The number of aliphatic hydroxyl groups is 1. The van der Waals surface area contributed by atoms with Gasteiger partial charge < -0.3 is 9.67 Å². The van der Waals surface area contributed by atoms with Crippen LogP contribution in [0, 0.1) is 6.92 Å². The molecule has 1 heterocycles.